The van der Waals surface area contributed by atoms with Crippen molar-refractivity contribution in [2.75, 3.05) is 18.4 Å². The number of nitrogens with one attached hydrogen (secondary N) is 1. The van der Waals surface area contributed by atoms with Gasteiger partial charge in [-0.3, -0.25) is 9.69 Å². The van der Waals surface area contributed by atoms with Crippen LogP contribution in [0.25, 0.3) is 0 Å². The summed E-state index contributed by atoms with van der Waals surface area (Å²) in [5.41, 5.74) is 0.627. The summed E-state index contributed by atoms with van der Waals surface area (Å²) in [5, 5.41) is 14.5. The lowest BCUT2D eigenvalue weighted by Crippen LogP contribution is -2.40. The summed E-state index contributed by atoms with van der Waals surface area (Å²) >= 11 is 0. The van der Waals surface area contributed by atoms with Crippen LogP contribution in [0.5, 0.6) is 0 Å². The normalized spacial score (nSPS) is 17.6. The van der Waals surface area contributed by atoms with E-state index in [2.05, 4.69) is 32.7 Å². The average Bonchev–Trinajstić information content (AvgIpc) is 3.02. The van der Waals surface area contributed by atoms with Gasteiger partial charge in [0, 0.05) is 18.7 Å². The van der Waals surface area contributed by atoms with Crippen molar-refractivity contribution < 1.29 is 9.18 Å². The van der Waals surface area contributed by atoms with E-state index < -0.39 is 0 Å². The van der Waals surface area contributed by atoms with Crippen LogP contribution in [0.15, 0.2) is 24.3 Å². The van der Waals surface area contributed by atoms with Gasteiger partial charge in [-0.05, 0) is 67.5 Å². The molecule has 0 spiro atoms. The number of nitrogens with zero attached hydrogens (tertiary/aromatic N) is 5. The van der Waals surface area contributed by atoms with Gasteiger partial charge in [-0.25, -0.2) is 9.07 Å². The average molecular weight is 332 g/mol. The van der Waals surface area contributed by atoms with E-state index in [0.717, 1.165) is 31.8 Å². The third-order valence-electron chi connectivity index (χ3n) is 4.59. The van der Waals surface area contributed by atoms with Gasteiger partial charge in [-0.2, -0.15) is 0 Å². The third-order valence-corrected chi connectivity index (χ3v) is 4.59. The van der Waals surface area contributed by atoms with Crippen molar-refractivity contribution in [3.05, 3.63) is 35.9 Å². The smallest absolute Gasteiger partial charge is 0.227 e. The number of piperidine rings is 1. The topological polar surface area (TPSA) is 75.9 Å². The highest BCUT2D eigenvalue weighted by molar-refractivity contribution is 5.92. The molecule has 1 aromatic heterocycles. The third kappa shape index (κ3) is 3.59. The van der Waals surface area contributed by atoms with Gasteiger partial charge in [0.15, 0.2) is 5.82 Å². The van der Waals surface area contributed by atoms with E-state index in [0.29, 0.717) is 5.69 Å². The van der Waals surface area contributed by atoms with Gasteiger partial charge in [0.1, 0.15) is 5.82 Å². The van der Waals surface area contributed by atoms with Crippen molar-refractivity contribution in [1.29, 1.82) is 0 Å². The highest BCUT2D eigenvalue weighted by Gasteiger charge is 2.29. The van der Waals surface area contributed by atoms with Crippen molar-refractivity contribution in [3.63, 3.8) is 0 Å². The molecule has 7 nitrogen and oxygen atoms in total. The highest BCUT2D eigenvalue weighted by Crippen LogP contribution is 2.26. The van der Waals surface area contributed by atoms with Gasteiger partial charge in [0.05, 0.1) is 6.04 Å². The number of anilines is 1. The van der Waals surface area contributed by atoms with Crippen LogP contribution in [0, 0.1) is 11.7 Å². The lowest BCUT2D eigenvalue weighted by molar-refractivity contribution is -0.121. The molecule has 2 aromatic rings. The van der Waals surface area contributed by atoms with Crippen LogP contribution in [0.1, 0.15) is 31.6 Å². The second-order valence-corrected chi connectivity index (χ2v) is 6.14. The summed E-state index contributed by atoms with van der Waals surface area (Å²) in [6.07, 6.45) is 1.56. The van der Waals surface area contributed by atoms with Crippen molar-refractivity contribution in [1.82, 2.24) is 25.1 Å². The fraction of sp³-hybridized carbons (Fsp3) is 0.500. The van der Waals surface area contributed by atoms with Gasteiger partial charge in [-0.1, -0.05) is 0 Å². The molecule has 1 atom stereocenters. The van der Waals surface area contributed by atoms with E-state index >= 15 is 0 Å². The second kappa shape index (κ2) is 7.04. The second-order valence-electron chi connectivity index (χ2n) is 6.14. The minimum Gasteiger partial charge on any atom is -0.326 e. The minimum atomic E-state index is -0.312. The molecule has 1 unspecified atom stereocenters. The molecule has 1 aliphatic heterocycles. The van der Waals surface area contributed by atoms with Crippen LogP contribution in [0.2, 0.25) is 0 Å². The molecule has 3 rings (SSSR count). The Balaban J connectivity index is 1.54. The Hall–Kier alpha value is -2.35. The van der Waals surface area contributed by atoms with Crippen LogP contribution >= 0.6 is 0 Å². The molecule has 1 N–H and O–H groups in total. The zero-order valence-electron chi connectivity index (χ0n) is 13.8. The van der Waals surface area contributed by atoms with Gasteiger partial charge in [0.25, 0.3) is 0 Å². The molecule has 0 saturated carbocycles. The number of amides is 1. The number of rotatable bonds is 4. The number of tetrazole rings is 1. The van der Waals surface area contributed by atoms with E-state index in [4.69, 9.17) is 0 Å². The molecular formula is C16H21FN6O. The van der Waals surface area contributed by atoms with E-state index in [9.17, 15) is 9.18 Å². The first kappa shape index (κ1) is 16.5. The highest BCUT2D eigenvalue weighted by atomic mass is 19.1. The minimum absolute atomic E-state index is 0.00534. The van der Waals surface area contributed by atoms with E-state index in [-0.39, 0.29) is 23.7 Å². The first-order valence-corrected chi connectivity index (χ1v) is 8.07. The first-order chi connectivity index (χ1) is 11.5. The Labute approximate surface area is 139 Å². The summed E-state index contributed by atoms with van der Waals surface area (Å²) < 4.78 is 14.6. The Bertz CT molecular complexity index is 693. The van der Waals surface area contributed by atoms with Gasteiger partial charge in [-0.15, -0.1) is 5.10 Å². The molecule has 0 aliphatic carbocycles. The number of aromatic nitrogens is 4. The van der Waals surface area contributed by atoms with Crippen molar-refractivity contribution in [2.24, 2.45) is 13.0 Å². The fourth-order valence-electron chi connectivity index (χ4n) is 3.08. The summed E-state index contributed by atoms with van der Waals surface area (Å²) in [5.74, 6) is 0.475. The Morgan fingerprint density at radius 2 is 1.96 bits per heavy atom. The van der Waals surface area contributed by atoms with Crippen LogP contribution in [0.3, 0.4) is 0 Å². The molecule has 1 amide bonds. The van der Waals surface area contributed by atoms with Crippen molar-refractivity contribution in [2.45, 2.75) is 25.8 Å². The zero-order chi connectivity index (χ0) is 17.1. The quantitative estimate of drug-likeness (QED) is 0.923. The maximum Gasteiger partial charge on any atom is 0.227 e. The van der Waals surface area contributed by atoms with E-state index in [1.807, 2.05) is 7.05 Å². The summed E-state index contributed by atoms with van der Waals surface area (Å²) in [7, 11) is 1.83. The lowest BCUT2D eigenvalue weighted by Gasteiger charge is -2.34. The molecular weight excluding hydrogens is 311 g/mol. The molecule has 0 bridgehead atoms. The maximum atomic E-state index is 12.9. The number of aryl methyl sites for hydroxylation is 1. The van der Waals surface area contributed by atoms with Crippen LogP contribution in [-0.2, 0) is 11.8 Å². The maximum absolute atomic E-state index is 12.9. The number of carbonyl (C=O) groups excluding carboxylic acids is 1. The fourth-order valence-corrected chi connectivity index (χ4v) is 3.08. The Morgan fingerprint density at radius 1 is 1.29 bits per heavy atom. The summed E-state index contributed by atoms with van der Waals surface area (Å²) in [6.45, 7) is 3.70. The number of hydrogen-bond acceptors (Lipinski definition) is 5. The molecule has 1 aliphatic rings. The molecule has 128 valence electrons. The number of hydrogen-bond donors (Lipinski definition) is 1. The Morgan fingerprint density at radius 3 is 2.54 bits per heavy atom. The molecule has 1 aromatic carbocycles. The summed E-state index contributed by atoms with van der Waals surface area (Å²) in [6, 6.07) is 5.95. The molecule has 2 heterocycles. The molecule has 8 heteroatoms. The van der Waals surface area contributed by atoms with Crippen LogP contribution < -0.4 is 5.32 Å². The van der Waals surface area contributed by atoms with E-state index in [1.54, 1.807) is 16.8 Å². The first-order valence-electron chi connectivity index (χ1n) is 8.07. The predicted octanol–water partition coefficient (Wildman–Crippen LogP) is 1.76. The largest absolute Gasteiger partial charge is 0.326 e. The van der Waals surface area contributed by atoms with Crippen LogP contribution in [0.4, 0.5) is 10.1 Å². The molecule has 1 saturated heterocycles. The van der Waals surface area contributed by atoms with Gasteiger partial charge < -0.3 is 5.32 Å². The molecule has 24 heavy (non-hydrogen) atoms. The number of carbonyl (C=O) groups is 1. The number of halogens is 1. The molecule has 1 fully saturated rings. The standard InChI is InChI=1S/C16H21FN6O/c1-11(15-19-20-21-22(15)2)23-9-7-12(8-10-23)16(24)18-14-5-3-13(17)4-6-14/h3-6,11-12H,7-10H2,1-2H3,(H,18,24). The van der Waals surface area contributed by atoms with Crippen LogP contribution in [-0.4, -0.2) is 44.1 Å². The SMILES string of the molecule is CC(c1nnnn1C)N1CCC(C(=O)Nc2ccc(F)cc2)CC1. The Kier molecular flexibility index (Phi) is 4.84. The lowest BCUT2D eigenvalue weighted by atomic mass is 9.94. The van der Waals surface area contributed by atoms with Crippen molar-refractivity contribution >= 4 is 11.6 Å². The predicted molar refractivity (Wildman–Crippen MR) is 86.5 cm³/mol. The van der Waals surface area contributed by atoms with Gasteiger partial charge in [0.2, 0.25) is 5.91 Å². The van der Waals surface area contributed by atoms with Crippen molar-refractivity contribution in [3.8, 4) is 0 Å². The molecule has 0 radical (unpaired) electrons. The zero-order valence-corrected chi connectivity index (χ0v) is 13.8. The number of benzene rings is 1. The van der Waals surface area contributed by atoms with E-state index in [1.165, 1.54) is 12.1 Å². The van der Waals surface area contributed by atoms with Gasteiger partial charge >= 0.3 is 0 Å². The number of likely N-dealkylation sites (tertiary alicyclic amines) is 1. The summed E-state index contributed by atoms with van der Waals surface area (Å²) in [4.78, 5) is 14.6. The monoisotopic (exact) mass is 332 g/mol.